The number of carbonyl (C=O) groups is 1. The Morgan fingerprint density at radius 2 is 1.87 bits per heavy atom. The number of nitrogens with zero attached hydrogens (tertiary/aromatic N) is 3. The summed E-state index contributed by atoms with van der Waals surface area (Å²) in [5, 5.41) is 19.3. The number of benzene rings is 2. The van der Waals surface area contributed by atoms with Crippen LogP contribution >= 0.6 is 11.6 Å². The highest BCUT2D eigenvalue weighted by molar-refractivity contribution is 6.35. The van der Waals surface area contributed by atoms with E-state index in [-0.39, 0.29) is 17.9 Å². The molecule has 0 saturated carbocycles. The molecule has 0 bridgehead atoms. The molecule has 1 unspecified atom stereocenters. The maximum atomic E-state index is 13.2. The fraction of sp³-hybridized carbons (Fsp3) is 0.429. The third-order valence-corrected chi connectivity index (χ3v) is 9.65. The van der Waals surface area contributed by atoms with Crippen LogP contribution in [0.15, 0.2) is 48.7 Å². The average Bonchev–Trinajstić information content (AvgIpc) is 3.08. The molecule has 4 N–H and O–H groups in total. The Kier molecular flexibility index (Phi) is 9.86. The van der Waals surface area contributed by atoms with Gasteiger partial charge in [-0.25, -0.2) is 9.97 Å². The SMILES string of the molecule is CN/C(=C1\C(=N)CC(C)c2cnc(Nc3ccc(C(=O)NC4CCN(C5CCOCC5)CC4)cc3OC)nc21)c1ccccc1Cl. The van der Waals surface area contributed by atoms with Crippen LogP contribution in [-0.2, 0) is 4.74 Å². The summed E-state index contributed by atoms with van der Waals surface area (Å²) in [5.41, 5.74) is 5.55. The molecule has 0 radical (unpaired) electrons. The number of methoxy groups -OCH3 is 1. The van der Waals surface area contributed by atoms with Crippen molar-refractivity contribution in [3.05, 3.63) is 76.1 Å². The first-order valence-electron chi connectivity index (χ1n) is 16.1. The first-order valence-corrected chi connectivity index (χ1v) is 16.4. The smallest absolute Gasteiger partial charge is 0.251 e. The molecule has 1 atom stereocenters. The molecule has 2 aliphatic heterocycles. The number of anilines is 2. The number of ether oxygens (including phenoxy) is 2. The molecule has 0 spiro atoms. The van der Waals surface area contributed by atoms with Crippen molar-refractivity contribution >= 4 is 46.1 Å². The highest BCUT2D eigenvalue weighted by atomic mass is 35.5. The lowest BCUT2D eigenvalue weighted by atomic mass is 9.81. The van der Waals surface area contributed by atoms with Crippen LogP contribution in [0.1, 0.15) is 72.1 Å². The Morgan fingerprint density at radius 1 is 1.11 bits per heavy atom. The third kappa shape index (κ3) is 6.74. The first-order chi connectivity index (χ1) is 22.4. The van der Waals surface area contributed by atoms with Crippen LogP contribution in [0.25, 0.3) is 11.3 Å². The van der Waals surface area contributed by atoms with E-state index in [1.165, 1.54) is 0 Å². The van der Waals surface area contributed by atoms with Crippen molar-refractivity contribution in [2.45, 2.75) is 57.0 Å². The lowest BCUT2D eigenvalue weighted by Gasteiger charge is -2.39. The van der Waals surface area contributed by atoms with Crippen molar-refractivity contribution in [3.8, 4) is 5.75 Å². The number of halogens is 1. The minimum atomic E-state index is -0.110. The van der Waals surface area contributed by atoms with E-state index in [0.717, 1.165) is 68.8 Å². The zero-order chi connectivity index (χ0) is 32.2. The molecule has 1 amide bonds. The number of nitrogens with one attached hydrogen (secondary N) is 4. The summed E-state index contributed by atoms with van der Waals surface area (Å²) in [6.45, 7) is 5.75. The number of rotatable bonds is 8. The Bertz CT molecular complexity index is 1630. The molecule has 11 heteroatoms. The van der Waals surface area contributed by atoms with Crippen LogP contribution in [0.3, 0.4) is 0 Å². The van der Waals surface area contributed by atoms with Gasteiger partial charge in [0.05, 0.1) is 24.2 Å². The number of aromatic nitrogens is 2. The number of likely N-dealkylation sites (tertiary alicyclic amines) is 1. The van der Waals surface area contributed by atoms with Gasteiger partial charge in [0.1, 0.15) is 5.75 Å². The van der Waals surface area contributed by atoms with E-state index in [9.17, 15) is 4.79 Å². The summed E-state index contributed by atoms with van der Waals surface area (Å²) >= 11 is 6.58. The van der Waals surface area contributed by atoms with Crippen molar-refractivity contribution in [2.75, 3.05) is 45.8 Å². The lowest BCUT2D eigenvalue weighted by Crippen LogP contribution is -2.49. The second-order valence-electron chi connectivity index (χ2n) is 12.2. The Morgan fingerprint density at radius 3 is 2.59 bits per heavy atom. The summed E-state index contributed by atoms with van der Waals surface area (Å²) < 4.78 is 11.2. The van der Waals surface area contributed by atoms with Gasteiger partial charge in [-0.2, -0.15) is 0 Å². The fourth-order valence-corrected chi connectivity index (χ4v) is 7.02. The second-order valence-corrected chi connectivity index (χ2v) is 12.6. The van der Waals surface area contributed by atoms with Crippen LogP contribution in [0.4, 0.5) is 11.6 Å². The summed E-state index contributed by atoms with van der Waals surface area (Å²) in [5.74, 6) is 0.846. The maximum absolute atomic E-state index is 13.2. The molecule has 2 saturated heterocycles. The first kappa shape index (κ1) is 32.0. The van der Waals surface area contributed by atoms with Gasteiger partial charge >= 0.3 is 0 Å². The summed E-state index contributed by atoms with van der Waals surface area (Å²) in [6.07, 6.45) is 6.45. The van der Waals surface area contributed by atoms with Gasteiger partial charge in [0.25, 0.3) is 5.91 Å². The summed E-state index contributed by atoms with van der Waals surface area (Å²) in [4.78, 5) is 25.3. The highest BCUT2D eigenvalue weighted by Gasteiger charge is 2.31. The topological polar surface area (TPSA) is 124 Å². The van der Waals surface area contributed by atoms with Crippen molar-refractivity contribution in [1.82, 2.24) is 25.5 Å². The van der Waals surface area contributed by atoms with Crippen LogP contribution in [-0.4, -0.2) is 79.0 Å². The molecule has 46 heavy (non-hydrogen) atoms. The number of fused-ring (bicyclic) bond motifs is 1. The maximum Gasteiger partial charge on any atom is 0.251 e. The minimum Gasteiger partial charge on any atom is -0.495 e. The van der Waals surface area contributed by atoms with Gasteiger partial charge in [0.15, 0.2) is 0 Å². The number of piperidine rings is 1. The molecule has 2 aromatic carbocycles. The third-order valence-electron chi connectivity index (χ3n) is 9.32. The van der Waals surface area contributed by atoms with Crippen LogP contribution in [0, 0.1) is 5.41 Å². The van der Waals surface area contributed by atoms with Crippen molar-refractivity contribution in [1.29, 1.82) is 5.41 Å². The van der Waals surface area contributed by atoms with Gasteiger partial charge in [0.2, 0.25) is 5.95 Å². The molecule has 3 aromatic rings. The fourth-order valence-electron chi connectivity index (χ4n) is 6.79. The Labute approximate surface area is 275 Å². The van der Waals surface area contributed by atoms with Crippen LogP contribution in [0.2, 0.25) is 5.02 Å². The second kappa shape index (κ2) is 14.2. The molecule has 1 aromatic heterocycles. The van der Waals surface area contributed by atoms with E-state index in [4.69, 9.17) is 31.5 Å². The molecular formula is C35H42ClN7O3. The minimum absolute atomic E-state index is 0.0890. The predicted octanol–water partition coefficient (Wildman–Crippen LogP) is 5.87. The Balaban J connectivity index is 1.20. The molecule has 3 heterocycles. The molecule has 2 fully saturated rings. The zero-order valence-corrected chi connectivity index (χ0v) is 27.4. The number of allylic oxidation sites excluding steroid dienone is 1. The van der Waals surface area contributed by atoms with Crippen molar-refractivity contribution in [2.24, 2.45) is 0 Å². The summed E-state index contributed by atoms with van der Waals surface area (Å²) in [6, 6.07) is 13.7. The molecule has 6 rings (SSSR count). The van der Waals surface area contributed by atoms with Gasteiger partial charge in [0, 0.05) is 84.6 Å². The lowest BCUT2D eigenvalue weighted by molar-refractivity contribution is 0.0238. The Hall–Kier alpha value is -3.99. The number of hydrogen-bond donors (Lipinski definition) is 4. The van der Waals surface area contributed by atoms with Crippen LogP contribution < -0.4 is 20.7 Å². The predicted molar refractivity (Wildman–Crippen MR) is 182 cm³/mol. The number of hydrogen-bond acceptors (Lipinski definition) is 9. The highest BCUT2D eigenvalue weighted by Crippen LogP contribution is 2.40. The molecule has 242 valence electrons. The molecule has 10 nitrogen and oxygen atoms in total. The quantitative estimate of drug-likeness (QED) is 0.240. The molecular weight excluding hydrogens is 602 g/mol. The van der Waals surface area contributed by atoms with Crippen molar-refractivity contribution in [3.63, 3.8) is 0 Å². The van der Waals surface area contributed by atoms with E-state index < -0.39 is 0 Å². The van der Waals surface area contributed by atoms with Gasteiger partial charge in [-0.1, -0.05) is 36.7 Å². The van der Waals surface area contributed by atoms with Crippen LogP contribution in [0.5, 0.6) is 5.75 Å². The van der Waals surface area contributed by atoms with Crippen molar-refractivity contribution < 1.29 is 14.3 Å². The van der Waals surface area contributed by atoms with E-state index in [0.29, 0.717) is 57.4 Å². The molecule has 3 aliphatic rings. The summed E-state index contributed by atoms with van der Waals surface area (Å²) in [7, 11) is 3.41. The monoisotopic (exact) mass is 643 g/mol. The van der Waals surface area contributed by atoms with Gasteiger partial charge in [-0.05, 0) is 62.3 Å². The largest absolute Gasteiger partial charge is 0.495 e. The van der Waals surface area contributed by atoms with E-state index >= 15 is 0 Å². The van der Waals surface area contributed by atoms with Gasteiger partial charge in [-0.3, -0.25) is 4.79 Å². The standard InChI is InChI=1S/C35H42ClN7O3/c1-21-18-28(37)31(32(38-2)25-6-4-5-7-27(25)36)33-26(21)20-39-35(42-33)41-29-9-8-22(19-30(29)45-3)34(44)40-23-10-14-43(15-11-23)24-12-16-46-17-13-24/h4-9,19-21,23-24,37-38H,10-18H2,1-3H3,(H,40,44)(H,39,41,42)/b32-31+,37-28?. The molecule has 1 aliphatic carbocycles. The normalized spacial score (nSPS) is 20.5. The zero-order valence-electron chi connectivity index (χ0n) is 26.7. The average molecular weight is 644 g/mol. The van der Waals surface area contributed by atoms with Gasteiger partial charge in [-0.15, -0.1) is 0 Å². The van der Waals surface area contributed by atoms with E-state index in [2.05, 4.69) is 32.8 Å². The van der Waals surface area contributed by atoms with E-state index in [1.807, 2.05) is 43.6 Å². The number of amides is 1. The number of carbonyl (C=O) groups excluding carboxylic acids is 1. The van der Waals surface area contributed by atoms with E-state index in [1.54, 1.807) is 19.2 Å². The van der Waals surface area contributed by atoms with Gasteiger partial charge < -0.3 is 35.7 Å².